The van der Waals surface area contributed by atoms with E-state index in [1.807, 2.05) is 0 Å². The molecule has 1 nitrogen and oxygen atoms in total. The Hall–Kier alpha value is -1.95. The monoisotopic (exact) mass is 430 g/mol. The Kier molecular flexibility index (Phi) is 8.33. The summed E-state index contributed by atoms with van der Waals surface area (Å²) in [6.07, 6.45) is 11.6. The van der Waals surface area contributed by atoms with Crippen LogP contribution in [0.3, 0.4) is 0 Å². The first-order valence-corrected chi connectivity index (χ1v) is 13.3. The van der Waals surface area contributed by atoms with Crippen molar-refractivity contribution in [2.45, 2.75) is 63.9 Å². The molecular formula is C29H35OP. The van der Waals surface area contributed by atoms with Crippen LogP contribution in [0.25, 0.3) is 0 Å². The number of hydrogen-bond acceptors (Lipinski definition) is 1. The van der Waals surface area contributed by atoms with E-state index in [0.717, 1.165) is 25.7 Å². The van der Waals surface area contributed by atoms with Gasteiger partial charge in [0.1, 0.15) is 0 Å². The molecule has 0 aromatic heterocycles. The van der Waals surface area contributed by atoms with E-state index in [1.165, 1.54) is 53.6 Å². The Labute approximate surface area is 189 Å². The molecule has 2 atom stereocenters. The van der Waals surface area contributed by atoms with Gasteiger partial charge < -0.3 is 5.11 Å². The normalized spacial score (nSPS) is 20.5. The van der Waals surface area contributed by atoms with Gasteiger partial charge in [-0.2, -0.15) is 0 Å². The van der Waals surface area contributed by atoms with Gasteiger partial charge in [-0.15, -0.1) is 0 Å². The average molecular weight is 431 g/mol. The molecule has 2 unspecified atom stereocenters. The topological polar surface area (TPSA) is 20.2 Å². The zero-order valence-electron chi connectivity index (χ0n) is 18.5. The van der Waals surface area contributed by atoms with Crippen LogP contribution in [-0.2, 0) is 6.42 Å². The van der Waals surface area contributed by atoms with Crippen molar-refractivity contribution >= 4 is 23.8 Å². The van der Waals surface area contributed by atoms with Crippen LogP contribution in [0.15, 0.2) is 84.9 Å². The van der Waals surface area contributed by atoms with Crippen LogP contribution in [0.5, 0.6) is 0 Å². The van der Waals surface area contributed by atoms with Crippen LogP contribution in [0, 0.1) is 5.92 Å². The van der Waals surface area contributed by atoms with E-state index in [0.29, 0.717) is 5.92 Å². The van der Waals surface area contributed by atoms with E-state index < -0.39 is 7.92 Å². The quantitative estimate of drug-likeness (QED) is 0.485. The summed E-state index contributed by atoms with van der Waals surface area (Å²) < 4.78 is 0. The summed E-state index contributed by atoms with van der Waals surface area (Å²) in [5.74, 6) is 0.402. The maximum absolute atomic E-state index is 10.3. The summed E-state index contributed by atoms with van der Waals surface area (Å²) in [7, 11) is -0.583. The van der Waals surface area contributed by atoms with E-state index in [9.17, 15) is 5.11 Å². The number of benzene rings is 3. The summed E-state index contributed by atoms with van der Waals surface area (Å²) in [5.41, 5.74) is 1.40. The molecule has 2 aliphatic rings. The summed E-state index contributed by atoms with van der Waals surface area (Å²) >= 11 is 0. The summed E-state index contributed by atoms with van der Waals surface area (Å²) in [6.45, 7) is 0. The maximum atomic E-state index is 10.3. The first-order valence-electron chi connectivity index (χ1n) is 12.0. The fourth-order valence-electron chi connectivity index (χ4n) is 4.90. The van der Waals surface area contributed by atoms with Gasteiger partial charge in [0.05, 0.1) is 6.10 Å². The predicted octanol–water partition coefficient (Wildman–Crippen LogP) is 6.10. The Balaban J connectivity index is 0.000000407. The maximum Gasteiger partial charge on any atom is 0.0571 e. The first-order chi connectivity index (χ1) is 15.3. The minimum Gasteiger partial charge on any atom is -0.393 e. The fourth-order valence-corrected chi connectivity index (χ4v) is 7.39. The Bertz CT molecular complexity index is 857. The van der Waals surface area contributed by atoms with Gasteiger partial charge in [-0.05, 0) is 54.6 Å². The van der Waals surface area contributed by atoms with E-state index in [-0.39, 0.29) is 6.10 Å². The third-order valence-electron chi connectivity index (χ3n) is 6.61. The molecule has 0 heterocycles. The average Bonchev–Trinajstić information content (AvgIpc) is 3.53. The lowest BCUT2D eigenvalue weighted by Gasteiger charge is -2.24. The highest BCUT2D eigenvalue weighted by Crippen LogP contribution is 2.36. The van der Waals surface area contributed by atoms with Gasteiger partial charge in [-0.25, -0.2) is 0 Å². The third-order valence-corrected chi connectivity index (χ3v) is 9.16. The Morgan fingerprint density at radius 3 is 1.65 bits per heavy atom. The lowest BCUT2D eigenvalue weighted by Crippen LogP contribution is -2.25. The van der Waals surface area contributed by atoms with Gasteiger partial charge in [-0.1, -0.05) is 123 Å². The van der Waals surface area contributed by atoms with Gasteiger partial charge >= 0.3 is 0 Å². The first kappa shape index (κ1) is 22.3. The number of rotatable bonds is 5. The van der Waals surface area contributed by atoms with Crippen LogP contribution in [0.1, 0.15) is 56.9 Å². The Morgan fingerprint density at radius 2 is 1.13 bits per heavy atom. The summed E-state index contributed by atoms with van der Waals surface area (Å²) in [4.78, 5) is 0. The molecule has 31 heavy (non-hydrogen) atoms. The standard InChI is InChI=1S/C24H25OP.C5H10/c25-23-16-9-11-19(23)18-20-10-7-8-17-24(20)26(21-12-3-1-4-13-21)22-14-5-2-6-15-22;1-2-4-5-3-1/h1-8,10,12-15,17,19,23,25H,9,11,16,18H2;1-5H2. The van der Waals surface area contributed by atoms with Gasteiger partial charge in [0, 0.05) is 0 Å². The molecule has 3 aromatic carbocycles. The molecule has 0 spiro atoms. The van der Waals surface area contributed by atoms with Crippen molar-refractivity contribution in [2.24, 2.45) is 5.92 Å². The number of hydrogen-bond donors (Lipinski definition) is 1. The lowest BCUT2D eigenvalue weighted by molar-refractivity contribution is 0.133. The van der Waals surface area contributed by atoms with Crippen molar-refractivity contribution in [3.8, 4) is 0 Å². The minimum atomic E-state index is -0.583. The van der Waals surface area contributed by atoms with Crippen LogP contribution >= 0.6 is 7.92 Å². The minimum absolute atomic E-state index is 0.136. The highest BCUT2D eigenvalue weighted by atomic mass is 31.1. The molecule has 2 aliphatic carbocycles. The summed E-state index contributed by atoms with van der Waals surface area (Å²) in [5, 5.41) is 14.5. The molecule has 162 valence electrons. The Morgan fingerprint density at radius 1 is 0.613 bits per heavy atom. The smallest absolute Gasteiger partial charge is 0.0571 e. The second-order valence-electron chi connectivity index (χ2n) is 8.87. The van der Waals surface area contributed by atoms with Crippen molar-refractivity contribution in [1.29, 1.82) is 0 Å². The molecule has 2 saturated carbocycles. The fraction of sp³-hybridized carbons (Fsp3) is 0.379. The van der Waals surface area contributed by atoms with Crippen molar-refractivity contribution in [1.82, 2.24) is 0 Å². The van der Waals surface area contributed by atoms with E-state index in [2.05, 4.69) is 84.9 Å². The molecule has 2 heteroatoms. The van der Waals surface area contributed by atoms with Gasteiger partial charge in [0.2, 0.25) is 0 Å². The molecule has 0 saturated heterocycles. The SMILES string of the molecule is C1CCCC1.OC1CCCC1Cc1ccccc1P(c1ccccc1)c1ccccc1. The summed E-state index contributed by atoms with van der Waals surface area (Å²) in [6, 6.07) is 30.6. The van der Waals surface area contributed by atoms with E-state index >= 15 is 0 Å². The number of aliphatic hydroxyl groups excluding tert-OH is 1. The van der Waals surface area contributed by atoms with E-state index in [4.69, 9.17) is 0 Å². The van der Waals surface area contributed by atoms with Gasteiger partial charge in [-0.3, -0.25) is 0 Å². The van der Waals surface area contributed by atoms with Crippen LogP contribution in [0.2, 0.25) is 0 Å². The third kappa shape index (κ3) is 6.06. The molecule has 1 N–H and O–H groups in total. The van der Waals surface area contributed by atoms with Crippen LogP contribution in [-0.4, -0.2) is 11.2 Å². The molecule has 2 fully saturated rings. The highest BCUT2D eigenvalue weighted by Gasteiger charge is 2.27. The second-order valence-corrected chi connectivity index (χ2v) is 11.1. The van der Waals surface area contributed by atoms with Crippen LogP contribution in [0.4, 0.5) is 0 Å². The van der Waals surface area contributed by atoms with Gasteiger partial charge in [0.25, 0.3) is 0 Å². The molecule has 0 radical (unpaired) electrons. The van der Waals surface area contributed by atoms with Crippen molar-refractivity contribution in [2.75, 3.05) is 0 Å². The molecular weight excluding hydrogens is 395 g/mol. The number of aliphatic hydroxyl groups is 1. The van der Waals surface area contributed by atoms with E-state index in [1.54, 1.807) is 0 Å². The second kappa shape index (κ2) is 11.6. The highest BCUT2D eigenvalue weighted by molar-refractivity contribution is 7.79. The molecule has 0 bridgehead atoms. The zero-order valence-corrected chi connectivity index (χ0v) is 19.4. The molecule has 0 amide bonds. The molecule has 0 aliphatic heterocycles. The lowest BCUT2D eigenvalue weighted by atomic mass is 9.96. The molecule has 3 aromatic rings. The predicted molar refractivity (Wildman–Crippen MR) is 135 cm³/mol. The van der Waals surface area contributed by atoms with Crippen molar-refractivity contribution < 1.29 is 5.11 Å². The van der Waals surface area contributed by atoms with Crippen molar-refractivity contribution in [3.05, 3.63) is 90.5 Å². The molecule has 5 rings (SSSR count). The zero-order chi connectivity index (χ0) is 21.3. The van der Waals surface area contributed by atoms with Crippen molar-refractivity contribution in [3.63, 3.8) is 0 Å². The van der Waals surface area contributed by atoms with Crippen LogP contribution < -0.4 is 15.9 Å². The largest absolute Gasteiger partial charge is 0.393 e. The van der Waals surface area contributed by atoms with Gasteiger partial charge in [0.15, 0.2) is 0 Å².